The molecule has 0 spiro atoms. The molecule has 264 valence electrons. The quantitative estimate of drug-likeness (QED) is 0.174. The van der Waals surface area contributed by atoms with Gasteiger partial charge in [-0.1, -0.05) is 0 Å². The molecule has 6 N–H and O–H groups in total. The molecule has 3 aliphatic heterocycles. The Balaban J connectivity index is 0.00000484. The maximum absolute atomic E-state index is 3.73. The van der Waals surface area contributed by atoms with Crippen molar-refractivity contribution in [2.45, 2.75) is 70.6 Å². The second kappa shape index (κ2) is 29.7. The van der Waals surface area contributed by atoms with E-state index in [0.717, 1.165) is 39.3 Å². The van der Waals surface area contributed by atoms with E-state index in [-0.39, 0.29) is 34.0 Å². The number of halogens is 2. The molecule has 44 heavy (non-hydrogen) atoms. The Bertz CT molecular complexity index is 546. The number of hydrogen-bond acceptors (Lipinski definition) is 8. The van der Waals surface area contributed by atoms with Gasteiger partial charge in [0.25, 0.3) is 0 Å². The Morgan fingerprint density at radius 1 is 0.386 bits per heavy atom. The van der Waals surface area contributed by atoms with Crippen molar-refractivity contribution in [2.24, 2.45) is 0 Å². The second-order valence-corrected chi connectivity index (χ2v) is 13.3. The van der Waals surface area contributed by atoms with E-state index in [1.54, 1.807) is 0 Å². The third kappa shape index (κ3) is 21.5. The van der Waals surface area contributed by atoms with Crippen molar-refractivity contribution >= 4 is 17.0 Å². The van der Waals surface area contributed by atoms with E-state index in [0.29, 0.717) is 0 Å². The van der Waals surface area contributed by atoms with Crippen LogP contribution in [0.5, 0.6) is 0 Å². The highest BCUT2D eigenvalue weighted by Gasteiger charge is 2.27. The van der Waals surface area contributed by atoms with Crippen molar-refractivity contribution in [1.29, 1.82) is 0 Å². The van der Waals surface area contributed by atoms with Gasteiger partial charge < -0.3 is 63.2 Å². The molecule has 0 aromatic carbocycles. The highest BCUT2D eigenvalue weighted by atomic mass is 79.9. The maximum atomic E-state index is 3.73. The molecule has 3 fully saturated rings. The summed E-state index contributed by atoms with van der Waals surface area (Å²) in [5, 5.41) is 22.1. The van der Waals surface area contributed by atoms with Crippen LogP contribution in [0.25, 0.3) is 0 Å². The highest BCUT2D eigenvalue weighted by Crippen LogP contribution is 2.15. The van der Waals surface area contributed by atoms with Gasteiger partial charge in [0.1, 0.15) is 0 Å². The third-order valence-electron chi connectivity index (χ3n) is 9.62. The van der Waals surface area contributed by atoms with Crippen LogP contribution in [0.3, 0.4) is 0 Å². The summed E-state index contributed by atoms with van der Waals surface area (Å²) < 4.78 is 1.33. The molecule has 9 nitrogen and oxygen atoms in total. The molecule has 0 atom stereocenters. The van der Waals surface area contributed by atoms with Crippen molar-refractivity contribution in [3.63, 3.8) is 0 Å². The molecule has 11 heteroatoms. The average Bonchev–Trinajstić information content (AvgIpc) is 2.97. The first-order valence-corrected chi connectivity index (χ1v) is 18.4. The molecule has 3 rings (SSSR count). The smallest absolute Gasteiger partial charge is 0.0799 e. The molecule has 0 amide bonds. The van der Waals surface area contributed by atoms with Crippen molar-refractivity contribution in [2.75, 3.05) is 144 Å². The van der Waals surface area contributed by atoms with E-state index in [4.69, 9.17) is 0 Å². The Hall–Kier alpha value is 0.600. The van der Waals surface area contributed by atoms with Gasteiger partial charge in [-0.2, -0.15) is 0 Å². The van der Waals surface area contributed by atoms with Crippen LogP contribution in [0, 0.1) is 0 Å². The van der Waals surface area contributed by atoms with Crippen LogP contribution in [0.2, 0.25) is 0 Å². The minimum atomic E-state index is 0. The summed E-state index contributed by atoms with van der Waals surface area (Å²) in [5.41, 5.74) is 0. The third-order valence-corrected chi connectivity index (χ3v) is 9.62. The zero-order valence-electron chi connectivity index (χ0n) is 28.5. The number of rotatable bonds is 8. The summed E-state index contributed by atoms with van der Waals surface area (Å²) >= 11 is 0. The van der Waals surface area contributed by atoms with Crippen molar-refractivity contribution in [1.82, 2.24) is 41.7 Å². The molecular formula is C33H73Br2N9. The Morgan fingerprint density at radius 2 is 0.659 bits per heavy atom. The summed E-state index contributed by atoms with van der Waals surface area (Å²) in [6.45, 7) is 26.9. The fraction of sp³-hybridized carbons (Fsp3) is 1.00. The normalized spacial score (nSPS) is 24.3. The first-order valence-electron chi connectivity index (χ1n) is 18.4. The predicted octanol–water partition coefficient (Wildman–Crippen LogP) is -1.14. The average molecular weight is 756 g/mol. The Morgan fingerprint density at radius 3 is 0.977 bits per heavy atom. The zero-order chi connectivity index (χ0) is 29.2. The van der Waals surface area contributed by atoms with Crippen LogP contribution < -0.4 is 48.9 Å². The molecule has 3 aliphatic rings. The molecule has 0 aromatic heterocycles. The SMILES string of the molecule is Br.C1CNCCCN(CCC[N+]2(CCCN3CCCNCCCNCCC3)CCCNCCCNCCC2)CCCNC1.[Br-]. The monoisotopic (exact) mass is 753 g/mol. The van der Waals surface area contributed by atoms with Gasteiger partial charge in [-0.25, -0.2) is 0 Å². The van der Waals surface area contributed by atoms with Gasteiger partial charge in [0.2, 0.25) is 0 Å². The molecule has 0 radical (unpaired) electrons. The molecule has 3 heterocycles. The van der Waals surface area contributed by atoms with Gasteiger partial charge in [0.15, 0.2) is 0 Å². The largest absolute Gasteiger partial charge is 1.00 e. The molecule has 0 aliphatic carbocycles. The van der Waals surface area contributed by atoms with Crippen molar-refractivity contribution < 1.29 is 21.5 Å². The van der Waals surface area contributed by atoms with Gasteiger partial charge in [0, 0.05) is 51.9 Å². The first-order chi connectivity index (χ1) is 20.9. The topological polar surface area (TPSA) is 78.7 Å². The summed E-state index contributed by atoms with van der Waals surface area (Å²) in [6.07, 6.45) is 14.2. The van der Waals surface area contributed by atoms with E-state index in [9.17, 15) is 0 Å². The number of hydrogen-bond donors (Lipinski definition) is 6. The lowest BCUT2D eigenvalue weighted by Gasteiger charge is -2.40. The number of quaternary nitrogens is 1. The minimum absolute atomic E-state index is 0. The second-order valence-electron chi connectivity index (χ2n) is 13.3. The van der Waals surface area contributed by atoms with E-state index in [1.165, 1.54) is 180 Å². The summed E-state index contributed by atoms with van der Waals surface area (Å²) in [7, 11) is 0. The summed E-state index contributed by atoms with van der Waals surface area (Å²) in [6, 6.07) is 0. The van der Waals surface area contributed by atoms with Crippen LogP contribution in [0.15, 0.2) is 0 Å². The van der Waals surface area contributed by atoms with Gasteiger partial charge >= 0.3 is 0 Å². The van der Waals surface area contributed by atoms with Gasteiger partial charge in [0.05, 0.1) is 26.2 Å². The molecule has 0 aromatic rings. The van der Waals surface area contributed by atoms with Crippen LogP contribution >= 0.6 is 17.0 Å². The molecule has 3 saturated heterocycles. The maximum Gasteiger partial charge on any atom is 0.0799 e. The minimum Gasteiger partial charge on any atom is -1.00 e. The van der Waals surface area contributed by atoms with E-state index >= 15 is 0 Å². The lowest BCUT2D eigenvalue weighted by atomic mass is 10.1. The van der Waals surface area contributed by atoms with Crippen LogP contribution in [-0.4, -0.2) is 158 Å². The lowest BCUT2D eigenvalue weighted by molar-refractivity contribution is -0.928. The predicted molar refractivity (Wildman–Crippen MR) is 191 cm³/mol. The van der Waals surface area contributed by atoms with E-state index in [1.807, 2.05) is 0 Å². The van der Waals surface area contributed by atoms with Crippen molar-refractivity contribution in [3.8, 4) is 0 Å². The van der Waals surface area contributed by atoms with Crippen molar-refractivity contribution in [3.05, 3.63) is 0 Å². The molecule has 0 bridgehead atoms. The van der Waals surface area contributed by atoms with E-state index in [2.05, 4.69) is 41.7 Å². The summed E-state index contributed by atoms with van der Waals surface area (Å²) in [4.78, 5) is 5.56. The molecule has 0 saturated carbocycles. The fourth-order valence-corrected chi connectivity index (χ4v) is 7.16. The zero-order valence-corrected chi connectivity index (χ0v) is 31.8. The molecule has 0 unspecified atom stereocenters. The van der Waals surface area contributed by atoms with Crippen LogP contribution in [0.4, 0.5) is 0 Å². The van der Waals surface area contributed by atoms with E-state index < -0.39 is 0 Å². The van der Waals surface area contributed by atoms with Crippen LogP contribution in [-0.2, 0) is 0 Å². The van der Waals surface area contributed by atoms with Gasteiger partial charge in [-0.3, -0.25) is 0 Å². The highest BCUT2D eigenvalue weighted by molar-refractivity contribution is 8.93. The van der Waals surface area contributed by atoms with Gasteiger partial charge in [-0.05, 0) is 137 Å². The van der Waals surface area contributed by atoms with Crippen LogP contribution in [0.1, 0.15) is 70.6 Å². The van der Waals surface area contributed by atoms with Gasteiger partial charge in [-0.15, -0.1) is 17.0 Å². The standard InChI is InChI=1S/C33H72N9.2BrH/c1-12-34-18-4-24-40(25-5-19-35-13-1)28-10-32-42(30-8-22-38-16-3-17-39-23-9-31-42)33-11-29-41-26-6-20-36-14-2-15-37-21-7-27-41;;/h34-39H,1-33H2;2*1H/q+1;;/p-1. The number of nitrogens with one attached hydrogen (secondary N) is 6. The Kier molecular flexibility index (Phi) is 28.8. The first kappa shape index (κ1) is 42.6. The summed E-state index contributed by atoms with van der Waals surface area (Å²) in [5.74, 6) is 0. The Labute approximate surface area is 293 Å². The molecular weight excluding hydrogens is 682 g/mol. The number of nitrogens with zero attached hydrogens (tertiary/aromatic N) is 3. The lowest BCUT2D eigenvalue weighted by Crippen LogP contribution is -3.00. The fourth-order valence-electron chi connectivity index (χ4n) is 7.16.